The maximum absolute atomic E-state index is 12.2. The van der Waals surface area contributed by atoms with Crippen molar-refractivity contribution in [2.24, 2.45) is 0 Å². The Kier molecular flexibility index (Phi) is 6.62. The third-order valence-electron chi connectivity index (χ3n) is 5.11. The van der Waals surface area contributed by atoms with Crippen molar-refractivity contribution in [3.63, 3.8) is 0 Å². The van der Waals surface area contributed by atoms with Gasteiger partial charge in [0.05, 0.1) is 14.2 Å². The smallest absolute Gasteiger partial charge is 0.262 e. The summed E-state index contributed by atoms with van der Waals surface area (Å²) in [5, 5.41) is 2.80. The molecule has 5 heteroatoms. The summed E-state index contributed by atoms with van der Waals surface area (Å²) < 4.78 is 16.1. The molecule has 0 radical (unpaired) electrons. The predicted molar refractivity (Wildman–Crippen MR) is 119 cm³/mol. The summed E-state index contributed by atoms with van der Waals surface area (Å²) in [5.41, 5.74) is 2.91. The molecule has 0 aliphatic rings. The van der Waals surface area contributed by atoms with E-state index in [0.717, 1.165) is 0 Å². The fraction of sp³-hybridized carbons (Fsp3) is 0.240. The second kappa shape index (κ2) is 9.35. The molecule has 0 spiro atoms. The van der Waals surface area contributed by atoms with Crippen molar-refractivity contribution >= 4 is 11.6 Å². The van der Waals surface area contributed by atoms with Crippen LogP contribution in [0.2, 0.25) is 0 Å². The summed E-state index contributed by atoms with van der Waals surface area (Å²) in [5.74, 6) is 1.54. The monoisotopic (exact) mass is 405 g/mol. The first kappa shape index (κ1) is 21.2. The predicted octanol–water partition coefficient (Wildman–Crippen LogP) is 5.05. The summed E-state index contributed by atoms with van der Waals surface area (Å²) in [6, 6.07) is 23.4. The van der Waals surface area contributed by atoms with E-state index in [2.05, 4.69) is 31.3 Å². The standard InChI is InChI=1S/C25H27NO4/c1-25(2,18-8-6-5-7-9-18)19-10-13-21(14-11-19)30-17-24(27)26-20-12-15-22(28-3)23(16-20)29-4/h5-16H,17H2,1-4H3,(H,26,27). The minimum Gasteiger partial charge on any atom is -0.493 e. The van der Waals surface area contributed by atoms with E-state index < -0.39 is 0 Å². The molecular weight excluding hydrogens is 378 g/mol. The number of ether oxygens (including phenoxy) is 3. The van der Waals surface area contributed by atoms with Crippen LogP contribution in [0.25, 0.3) is 0 Å². The molecule has 0 aliphatic heterocycles. The first-order valence-corrected chi connectivity index (χ1v) is 9.75. The first-order valence-electron chi connectivity index (χ1n) is 9.75. The van der Waals surface area contributed by atoms with E-state index in [4.69, 9.17) is 14.2 Å². The average molecular weight is 405 g/mol. The van der Waals surface area contributed by atoms with Gasteiger partial charge in [0.15, 0.2) is 18.1 Å². The van der Waals surface area contributed by atoms with Gasteiger partial charge in [-0.15, -0.1) is 0 Å². The molecule has 0 atom stereocenters. The Morgan fingerprint density at radius 3 is 2.10 bits per heavy atom. The molecule has 0 unspecified atom stereocenters. The molecule has 30 heavy (non-hydrogen) atoms. The number of carbonyl (C=O) groups is 1. The highest BCUT2D eigenvalue weighted by atomic mass is 16.5. The van der Waals surface area contributed by atoms with Gasteiger partial charge < -0.3 is 19.5 Å². The van der Waals surface area contributed by atoms with Gasteiger partial charge in [-0.3, -0.25) is 4.79 Å². The van der Waals surface area contributed by atoms with Crippen molar-refractivity contribution in [1.29, 1.82) is 0 Å². The van der Waals surface area contributed by atoms with E-state index >= 15 is 0 Å². The molecule has 1 N–H and O–H groups in total. The second-order valence-electron chi connectivity index (χ2n) is 7.42. The molecule has 0 saturated carbocycles. The zero-order chi connectivity index (χ0) is 21.6. The van der Waals surface area contributed by atoms with Crippen molar-refractivity contribution in [1.82, 2.24) is 0 Å². The van der Waals surface area contributed by atoms with Crippen LogP contribution in [0.1, 0.15) is 25.0 Å². The number of rotatable bonds is 8. The van der Waals surface area contributed by atoms with Crippen LogP contribution in [-0.2, 0) is 10.2 Å². The molecule has 0 heterocycles. The molecule has 3 aromatic carbocycles. The largest absolute Gasteiger partial charge is 0.493 e. The minimum atomic E-state index is -0.254. The highest BCUT2D eigenvalue weighted by Gasteiger charge is 2.22. The first-order chi connectivity index (χ1) is 14.4. The average Bonchev–Trinajstić information content (AvgIpc) is 2.78. The van der Waals surface area contributed by atoms with Gasteiger partial charge in [0.25, 0.3) is 5.91 Å². The van der Waals surface area contributed by atoms with Crippen LogP contribution in [0.5, 0.6) is 17.2 Å². The van der Waals surface area contributed by atoms with Crippen LogP contribution in [0.3, 0.4) is 0 Å². The lowest BCUT2D eigenvalue weighted by Gasteiger charge is -2.26. The lowest BCUT2D eigenvalue weighted by atomic mass is 9.78. The number of benzene rings is 3. The topological polar surface area (TPSA) is 56.8 Å². The highest BCUT2D eigenvalue weighted by molar-refractivity contribution is 5.92. The Hall–Kier alpha value is -3.47. The van der Waals surface area contributed by atoms with Gasteiger partial charge in [0, 0.05) is 17.2 Å². The Labute approximate surface area is 177 Å². The maximum Gasteiger partial charge on any atom is 0.262 e. The van der Waals surface area contributed by atoms with E-state index in [1.807, 2.05) is 42.5 Å². The molecule has 0 fully saturated rings. The van der Waals surface area contributed by atoms with Gasteiger partial charge in [-0.1, -0.05) is 56.3 Å². The second-order valence-corrected chi connectivity index (χ2v) is 7.42. The van der Waals surface area contributed by atoms with Crippen LogP contribution >= 0.6 is 0 Å². The van der Waals surface area contributed by atoms with E-state index in [1.54, 1.807) is 32.4 Å². The SMILES string of the molecule is COc1ccc(NC(=O)COc2ccc(C(C)(C)c3ccccc3)cc2)cc1OC. The Morgan fingerprint density at radius 2 is 1.47 bits per heavy atom. The van der Waals surface area contributed by atoms with Crippen molar-refractivity contribution in [3.05, 3.63) is 83.9 Å². The Bertz CT molecular complexity index is 982. The zero-order valence-electron chi connectivity index (χ0n) is 17.8. The molecule has 3 rings (SSSR count). The van der Waals surface area contributed by atoms with Crippen LogP contribution in [-0.4, -0.2) is 26.7 Å². The number of carbonyl (C=O) groups excluding carboxylic acids is 1. The lowest BCUT2D eigenvalue weighted by molar-refractivity contribution is -0.118. The summed E-state index contributed by atoms with van der Waals surface area (Å²) in [7, 11) is 3.12. The van der Waals surface area contributed by atoms with E-state index in [1.165, 1.54) is 11.1 Å². The molecular formula is C25H27NO4. The number of anilines is 1. The molecule has 0 bridgehead atoms. The van der Waals surface area contributed by atoms with Crippen LogP contribution < -0.4 is 19.5 Å². The Morgan fingerprint density at radius 1 is 0.833 bits per heavy atom. The van der Waals surface area contributed by atoms with Gasteiger partial charge in [0.2, 0.25) is 0 Å². The van der Waals surface area contributed by atoms with Gasteiger partial charge in [-0.05, 0) is 35.4 Å². The Balaban J connectivity index is 1.59. The molecule has 156 valence electrons. The van der Waals surface area contributed by atoms with Crippen LogP contribution in [0.15, 0.2) is 72.8 Å². The van der Waals surface area contributed by atoms with Gasteiger partial charge in [0.1, 0.15) is 5.75 Å². The molecule has 0 saturated heterocycles. The van der Waals surface area contributed by atoms with Crippen molar-refractivity contribution in [2.75, 3.05) is 26.1 Å². The zero-order valence-corrected chi connectivity index (χ0v) is 17.8. The van der Waals surface area contributed by atoms with Crippen molar-refractivity contribution in [3.8, 4) is 17.2 Å². The third-order valence-corrected chi connectivity index (χ3v) is 5.11. The van der Waals surface area contributed by atoms with Gasteiger partial charge >= 0.3 is 0 Å². The normalized spacial score (nSPS) is 10.9. The van der Waals surface area contributed by atoms with E-state index in [0.29, 0.717) is 22.9 Å². The van der Waals surface area contributed by atoms with Crippen LogP contribution in [0.4, 0.5) is 5.69 Å². The number of amides is 1. The van der Waals surface area contributed by atoms with E-state index in [-0.39, 0.29) is 17.9 Å². The minimum absolute atomic E-state index is 0.0875. The molecule has 3 aromatic rings. The fourth-order valence-electron chi connectivity index (χ4n) is 3.25. The quantitative estimate of drug-likeness (QED) is 0.570. The summed E-state index contributed by atoms with van der Waals surface area (Å²) in [6.07, 6.45) is 0. The fourth-order valence-corrected chi connectivity index (χ4v) is 3.25. The number of hydrogen-bond acceptors (Lipinski definition) is 4. The highest BCUT2D eigenvalue weighted by Crippen LogP contribution is 2.32. The maximum atomic E-state index is 12.2. The lowest BCUT2D eigenvalue weighted by Crippen LogP contribution is -2.20. The van der Waals surface area contributed by atoms with Crippen LogP contribution in [0, 0.1) is 0 Å². The third kappa shape index (κ3) is 4.92. The number of nitrogens with one attached hydrogen (secondary N) is 1. The molecule has 0 aliphatic carbocycles. The van der Waals surface area contributed by atoms with Gasteiger partial charge in [-0.25, -0.2) is 0 Å². The summed E-state index contributed by atoms with van der Waals surface area (Å²) in [4.78, 5) is 12.2. The number of hydrogen-bond donors (Lipinski definition) is 1. The number of methoxy groups -OCH3 is 2. The van der Waals surface area contributed by atoms with Crippen molar-refractivity contribution in [2.45, 2.75) is 19.3 Å². The molecule has 0 aromatic heterocycles. The summed E-state index contributed by atoms with van der Waals surface area (Å²) >= 11 is 0. The summed E-state index contributed by atoms with van der Waals surface area (Å²) in [6.45, 7) is 4.29. The van der Waals surface area contributed by atoms with E-state index in [9.17, 15) is 4.79 Å². The van der Waals surface area contributed by atoms with Crippen molar-refractivity contribution < 1.29 is 19.0 Å². The van der Waals surface area contributed by atoms with Gasteiger partial charge in [-0.2, -0.15) is 0 Å². The molecule has 1 amide bonds. The molecule has 5 nitrogen and oxygen atoms in total.